The number of pyridine rings is 1. The van der Waals surface area contributed by atoms with Crippen LogP contribution in [0.15, 0.2) is 29.2 Å². The van der Waals surface area contributed by atoms with Crippen molar-refractivity contribution < 1.29 is 0 Å². The smallest absolute Gasteiger partial charge is 0.250 e. The molecule has 1 saturated heterocycles. The Morgan fingerprint density at radius 1 is 1.42 bits per heavy atom. The van der Waals surface area contributed by atoms with E-state index >= 15 is 0 Å². The van der Waals surface area contributed by atoms with Gasteiger partial charge in [-0.1, -0.05) is 13.0 Å². The first-order chi connectivity index (χ1) is 9.31. The van der Waals surface area contributed by atoms with Crippen molar-refractivity contribution in [1.82, 2.24) is 14.8 Å². The molecular formula is C15H25N3O. The van der Waals surface area contributed by atoms with E-state index in [-0.39, 0.29) is 5.56 Å². The van der Waals surface area contributed by atoms with Crippen LogP contribution in [0.4, 0.5) is 0 Å². The molecule has 4 nitrogen and oxygen atoms in total. The van der Waals surface area contributed by atoms with E-state index in [2.05, 4.69) is 17.1 Å². The van der Waals surface area contributed by atoms with Crippen molar-refractivity contribution in [1.29, 1.82) is 0 Å². The molecule has 19 heavy (non-hydrogen) atoms. The fourth-order valence-corrected chi connectivity index (χ4v) is 2.79. The SMILES string of the molecule is CCCN(CCn1ccccc1=O)C1CCCNC1. The van der Waals surface area contributed by atoms with Gasteiger partial charge in [-0.05, 0) is 38.4 Å². The van der Waals surface area contributed by atoms with E-state index in [4.69, 9.17) is 0 Å². The van der Waals surface area contributed by atoms with Gasteiger partial charge in [0.25, 0.3) is 5.56 Å². The van der Waals surface area contributed by atoms with Crippen LogP contribution < -0.4 is 10.9 Å². The monoisotopic (exact) mass is 263 g/mol. The van der Waals surface area contributed by atoms with Gasteiger partial charge in [-0.3, -0.25) is 9.69 Å². The molecule has 1 aromatic rings. The van der Waals surface area contributed by atoms with Gasteiger partial charge in [-0.15, -0.1) is 0 Å². The molecule has 0 spiro atoms. The fraction of sp³-hybridized carbons (Fsp3) is 0.667. The van der Waals surface area contributed by atoms with Crippen LogP contribution in [0.1, 0.15) is 26.2 Å². The van der Waals surface area contributed by atoms with Crippen LogP contribution in [0.2, 0.25) is 0 Å². The molecule has 0 aromatic carbocycles. The number of aromatic nitrogens is 1. The number of nitrogens with zero attached hydrogens (tertiary/aromatic N) is 2. The standard InChI is InChI=1S/C15H25N3O/c1-2-9-17(14-6-5-8-16-13-14)11-12-18-10-4-3-7-15(18)19/h3-4,7,10,14,16H,2,5-6,8-9,11-13H2,1H3. The summed E-state index contributed by atoms with van der Waals surface area (Å²) in [6.07, 6.45) is 5.58. The molecule has 2 heterocycles. The number of rotatable bonds is 6. The fourth-order valence-electron chi connectivity index (χ4n) is 2.79. The molecule has 0 aliphatic carbocycles. The van der Waals surface area contributed by atoms with Crippen molar-refractivity contribution in [2.45, 2.75) is 38.8 Å². The average molecular weight is 263 g/mol. The summed E-state index contributed by atoms with van der Waals surface area (Å²) in [5.74, 6) is 0. The maximum absolute atomic E-state index is 11.7. The van der Waals surface area contributed by atoms with E-state index in [1.54, 1.807) is 16.7 Å². The van der Waals surface area contributed by atoms with Crippen LogP contribution in [-0.4, -0.2) is 41.7 Å². The Kier molecular flexibility index (Phi) is 5.61. The van der Waals surface area contributed by atoms with E-state index in [0.29, 0.717) is 6.04 Å². The second-order valence-electron chi connectivity index (χ2n) is 5.27. The number of nitrogens with one attached hydrogen (secondary N) is 1. The lowest BCUT2D eigenvalue weighted by Gasteiger charge is -2.34. The van der Waals surface area contributed by atoms with Crippen molar-refractivity contribution in [3.8, 4) is 0 Å². The molecule has 1 fully saturated rings. The van der Waals surface area contributed by atoms with E-state index in [0.717, 1.165) is 32.7 Å². The highest BCUT2D eigenvalue weighted by molar-refractivity contribution is 4.93. The van der Waals surface area contributed by atoms with Gasteiger partial charge in [0, 0.05) is 37.9 Å². The third-order valence-electron chi connectivity index (χ3n) is 3.83. The first kappa shape index (κ1) is 14.3. The summed E-state index contributed by atoms with van der Waals surface area (Å²) in [6.45, 7) is 7.32. The lowest BCUT2D eigenvalue weighted by atomic mass is 10.1. The molecule has 1 N–H and O–H groups in total. The maximum atomic E-state index is 11.7. The predicted molar refractivity (Wildman–Crippen MR) is 78.5 cm³/mol. The lowest BCUT2D eigenvalue weighted by molar-refractivity contribution is 0.159. The van der Waals surface area contributed by atoms with Crippen molar-refractivity contribution in [2.75, 3.05) is 26.2 Å². The van der Waals surface area contributed by atoms with E-state index < -0.39 is 0 Å². The van der Waals surface area contributed by atoms with Crippen molar-refractivity contribution in [3.63, 3.8) is 0 Å². The lowest BCUT2D eigenvalue weighted by Crippen LogP contribution is -2.47. The highest BCUT2D eigenvalue weighted by Gasteiger charge is 2.19. The normalized spacial score (nSPS) is 19.8. The zero-order chi connectivity index (χ0) is 13.5. The van der Waals surface area contributed by atoms with E-state index in [1.165, 1.54) is 19.3 Å². The Morgan fingerprint density at radius 2 is 2.32 bits per heavy atom. The van der Waals surface area contributed by atoms with Crippen LogP contribution >= 0.6 is 0 Å². The number of hydrogen-bond donors (Lipinski definition) is 1. The van der Waals surface area contributed by atoms with Gasteiger partial charge >= 0.3 is 0 Å². The van der Waals surface area contributed by atoms with Crippen LogP contribution in [-0.2, 0) is 6.54 Å². The van der Waals surface area contributed by atoms with Crippen molar-refractivity contribution in [2.24, 2.45) is 0 Å². The highest BCUT2D eigenvalue weighted by Crippen LogP contribution is 2.10. The molecule has 1 aliphatic rings. The third-order valence-corrected chi connectivity index (χ3v) is 3.83. The molecule has 0 bridgehead atoms. The Labute approximate surface area is 115 Å². The number of piperidine rings is 1. The largest absolute Gasteiger partial charge is 0.315 e. The van der Waals surface area contributed by atoms with Crippen LogP contribution in [0.25, 0.3) is 0 Å². The molecule has 1 aromatic heterocycles. The molecule has 1 aliphatic heterocycles. The summed E-state index contributed by atoms with van der Waals surface area (Å²) in [7, 11) is 0. The summed E-state index contributed by atoms with van der Waals surface area (Å²) in [4.78, 5) is 14.2. The van der Waals surface area contributed by atoms with E-state index in [9.17, 15) is 4.79 Å². The van der Waals surface area contributed by atoms with Gasteiger partial charge in [-0.2, -0.15) is 0 Å². The van der Waals surface area contributed by atoms with Crippen LogP contribution in [0.5, 0.6) is 0 Å². The molecular weight excluding hydrogens is 238 g/mol. The summed E-state index contributed by atoms with van der Waals surface area (Å²) in [5, 5.41) is 3.47. The minimum Gasteiger partial charge on any atom is -0.315 e. The predicted octanol–water partition coefficient (Wildman–Crippen LogP) is 1.31. The Bertz CT molecular complexity index is 423. The Hall–Kier alpha value is -1.13. The van der Waals surface area contributed by atoms with E-state index in [1.807, 2.05) is 12.3 Å². The van der Waals surface area contributed by atoms with Gasteiger partial charge in [0.15, 0.2) is 0 Å². The summed E-state index contributed by atoms with van der Waals surface area (Å²) in [6, 6.07) is 5.99. The van der Waals surface area contributed by atoms with Crippen LogP contribution in [0.3, 0.4) is 0 Å². The zero-order valence-electron chi connectivity index (χ0n) is 11.8. The summed E-state index contributed by atoms with van der Waals surface area (Å²) < 4.78 is 1.80. The second-order valence-corrected chi connectivity index (χ2v) is 5.27. The molecule has 0 radical (unpaired) electrons. The Balaban J connectivity index is 1.93. The molecule has 106 valence electrons. The minimum absolute atomic E-state index is 0.0979. The van der Waals surface area contributed by atoms with Crippen LogP contribution in [0, 0.1) is 0 Å². The second kappa shape index (κ2) is 7.46. The molecule has 0 saturated carbocycles. The minimum atomic E-state index is 0.0979. The molecule has 4 heteroatoms. The van der Waals surface area contributed by atoms with Gasteiger partial charge < -0.3 is 9.88 Å². The quantitative estimate of drug-likeness (QED) is 0.841. The first-order valence-corrected chi connectivity index (χ1v) is 7.41. The molecule has 1 unspecified atom stereocenters. The third kappa shape index (κ3) is 4.18. The summed E-state index contributed by atoms with van der Waals surface area (Å²) >= 11 is 0. The average Bonchev–Trinajstić information content (AvgIpc) is 2.46. The van der Waals surface area contributed by atoms with Gasteiger partial charge in [0.1, 0.15) is 0 Å². The Morgan fingerprint density at radius 3 is 3.00 bits per heavy atom. The number of hydrogen-bond acceptors (Lipinski definition) is 3. The van der Waals surface area contributed by atoms with Gasteiger partial charge in [0.05, 0.1) is 0 Å². The molecule has 0 amide bonds. The van der Waals surface area contributed by atoms with Gasteiger partial charge in [-0.25, -0.2) is 0 Å². The zero-order valence-corrected chi connectivity index (χ0v) is 11.8. The maximum Gasteiger partial charge on any atom is 0.250 e. The first-order valence-electron chi connectivity index (χ1n) is 7.41. The molecule has 2 rings (SSSR count). The van der Waals surface area contributed by atoms with Crippen molar-refractivity contribution >= 4 is 0 Å². The molecule has 1 atom stereocenters. The van der Waals surface area contributed by atoms with Gasteiger partial charge in [0.2, 0.25) is 0 Å². The highest BCUT2D eigenvalue weighted by atomic mass is 16.1. The topological polar surface area (TPSA) is 37.3 Å². The summed E-state index contributed by atoms with van der Waals surface area (Å²) in [5.41, 5.74) is 0.0979. The van der Waals surface area contributed by atoms with Crippen molar-refractivity contribution in [3.05, 3.63) is 34.7 Å².